The number of benzene rings is 2. The summed E-state index contributed by atoms with van der Waals surface area (Å²) in [5, 5.41) is 2.66. The molecule has 2 aromatic carbocycles. The molecule has 0 bridgehead atoms. The van der Waals surface area contributed by atoms with Gasteiger partial charge in [-0.1, -0.05) is 24.3 Å². The van der Waals surface area contributed by atoms with Gasteiger partial charge in [-0.3, -0.25) is 4.79 Å². The number of nitrogens with zero attached hydrogens (tertiary/aromatic N) is 1. The molecule has 0 saturated heterocycles. The van der Waals surface area contributed by atoms with E-state index in [-0.39, 0.29) is 5.56 Å². The zero-order valence-corrected chi connectivity index (χ0v) is 10.9. The van der Waals surface area contributed by atoms with Crippen molar-refractivity contribution in [1.29, 1.82) is 0 Å². The number of halogens is 1. The molecule has 1 aromatic heterocycles. The van der Waals surface area contributed by atoms with Crippen LogP contribution >= 0.6 is 0 Å². The molecule has 0 radical (unpaired) electrons. The van der Waals surface area contributed by atoms with Crippen molar-refractivity contribution in [3.63, 3.8) is 0 Å². The second-order valence-electron chi connectivity index (χ2n) is 4.38. The summed E-state index contributed by atoms with van der Waals surface area (Å²) in [5.41, 5.74) is 1.33. The molecule has 21 heavy (non-hydrogen) atoms. The lowest BCUT2D eigenvalue weighted by Gasteiger charge is -2.07. The molecule has 3 rings (SSSR count). The second kappa shape index (κ2) is 5.58. The van der Waals surface area contributed by atoms with Crippen LogP contribution in [0.5, 0.6) is 0 Å². The van der Waals surface area contributed by atoms with E-state index >= 15 is 0 Å². The molecule has 0 atom stereocenters. The molecule has 104 valence electrons. The highest BCUT2D eigenvalue weighted by Crippen LogP contribution is 2.22. The van der Waals surface area contributed by atoms with Crippen LogP contribution in [0.1, 0.15) is 10.4 Å². The van der Waals surface area contributed by atoms with Gasteiger partial charge in [0.05, 0.1) is 11.8 Å². The van der Waals surface area contributed by atoms with Gasteiger partial charge in [0.1, 0.15) is 5.82 Å². The lowest BCUT2D eigenvalue weighted by molar-refractivity contribution is 0.102. The molecule has 4 nitrogen and oxygen atoms in total. The maximum absolute atomic E-state index is 13.6. The van der Waals surface area contributed by atoms with E-state index in [9.17, 15) is 9.18 Å². The fourth-order valence-corrected chi connectivity index (χ4v) is 1.95. The smallest absolute Gasteiger partial charge is 0.258 e. The molecule has 5 heteroatoms. The van der Waals surface area contributed by atoms with Crippen LogP contribution in [0.4, 0.5) is 10.1 Å². The van der Waals surface area contributed by atoms with Crippen molar-refractivity contribution in [2.24, 2.45) is 0 Å². The van der Waals surface area contributed by atoms with E-state index in [1.165, 1.54) is 24.6 Å². The van der Waals surface area contributed by atoms with Gasteiger partial charge >= 0.3 is 0 Å². The third-order valence-electron chi connectivity index (χ3n) is 2.96. The number of nitrogens with one attached hydrogen (secondary N) is 1. The highest BCUT2D eigenvalue weighted by molar-refractivity contribution is 6.04. The summed E-state index contributed by atoms with van der Waals surface area (Å²) in [5.74, 6) is -0.457. The molecular formula is C16H11FN2O2. The van der Waals surface area contributed by atoms with Gasteiger partial charge in [-0.2, -0.15) is 0 Å². The maximum Gasteiger partial charge on any atom is 0.258 e. The minimum atomic E-state index is -0.554. The standard InChI is InChI=1S/C16H11FN2O2/c17-14-7-2-1-6-13(14)16(20)19-12-5-3-4-11(8-12)15-9-18-10-21-15/h1-10H,(H,19,20). The lowest BCUT2D eigenvalue weighted by atomic mass is 10.1. The first-order valence-electron chi connectivity index (χ1n) is 6.29. The van der Waals surface area contributed by atoms with Crippen molar-refractivity contribution in [1.82, 2.24) is 4.98 Å². The van der Waals surface area contributed by atoms with E-state index in [4.69, 9.17) is 4.42 Å². The Balaban J connectivity index is 1.84. The van der Waals surface area contributed by atoms with Crippen molar-refractivity contribution in [3.05, 3.63) is 72.5 Å². The van der Waals surface area contributed by atoms with Gasteiger partial charge in [0.2, 0.25) is 0 Å². The molecule has 0 fully saturated rings. The summed E-state index contributed by atoms with van der Waals surface area (Å²) < 4.78 is 18.8. The number of carbonyl (C=O) groups is 1. The Bertz CT molecular complexity index is 769. The summed E-state index contributed by atoms with van der Waals surface area (Å²) in [4.78, 5) is 15.9. The SMILES string of the molecule is O=C(Nc1cccc(-c2cnco2)c1)c1ccccc1F. The van der Waals surface area contributed by atoms with Crippen LogP contribution in [0, 0.1) is 5.82 Å². The van der Waals surface area contributed by atoms with Gasteiger partial charge in [0.15, 0.2) is 12.2 Å². The molecule has 0 spiro atoms. The molecule has 0 aliphatic rings. The Kier molecular flexibility index (Phi) is 3.47. The maximum atomic E-state index is 13.6. The number of anilines is 1. The van der Waals surface area contributed by atoms with Crippen LogP contribution in [0.15, 0.2) is 65.5 Å². The number of aromatic nitrogens is 1. The fourth-order valence-electron chi connectivity index (χ4n) is 1.95. The van der Waals surface area contributed by atoms with Crippen LogP contribution < -0.4 is 5.32 Å². The Hall–Kier alpha value is -2.95. The van der Waals surface area contributed by atoms with E-state index in [1.807, 2.05) is 6.07 Å². The van der Waals surface area contributed by atoms with Gasteiger partial charge < -0.3 is 9.73 Å². The second-order valence-corrected chi connectivity index (χ2v) is 4.38. The van der Waals surface area contributed by atoms with Crippen molar-refractivity contribution >= 4 is 11.6 Å². The van der Waals surface area contributed by atoms with Crippen LogP contribution in [0.25, 0.3) is 11.3 Å². The van der Waals surface area contributed by atoms with Crippen molar-refractivity contribution in [2.45, 2.75) is 0 Å². The predicted octanol–water partition coefficient (Wildman–Crippen LogP) is 3.73. The predicted molar refractivity (Wildman–Crippen MR) is 76.3 cm³/mol. The minimum Gasteiger partial charge on any atom is -0.444 e. The van der Waals surface area contributed by atoms with E-state index in [0.29, 0.717) is 11.4 Å². The number of hydrogen-bond donors (Lipinski definition) is 1. The summed E-state index contributed by atoms with van der Waals surface area (Å²) in [6.45, 7) is 0. The number of rotatable bonds is 3. The fraction of sp³-hybridized carbons (Fsp3) is 0. The molecular weight excluding hydrogens is 271 g/mol. The Morgan fingerprint density at radius 3 is 2.76 bits per heavy atom. The Morgan fingerprint density at radius 1 is 1.14 bits per heavy atom. The summed E-state index contributed by atoms with van der Waals surface area (Å²) in [6, 6.07) is 12.9. The monoisotopic (exact) mass is 282 g/mol. The first-order chi connectivity index (χ1) is 10.2. The molecule has 1 N–H and O–H groups in total. The molecule has 0 unspecified atom stereocenters. The summed E-state index contributed by atoms with van der Waals surface area (Å²) in [7, 11) is 0. The first-order valence-corrected chi connectivity index (χ1v) is 6.29. The number of amides is 1. The Morgan fingerprint density at radius 2 is 2.00 bits per heavy atom. The minimum absolute atomic E-state index is 0.00238. The van der Waals surface area contributed by atoms with Crippen LogP contribution in [-0.4, -0.2) is 10.9 Å². The van der Waals surface area contributed by atoms with Gasteiger partial charge in [-0.15, -0.1) is 0 Å². The quantitative estimate of drug-likeness (QED) is 0.796. The molecule has 0 saturated carbocycles. The molecule has 0 aliphatic heterocycles. The molecule has 1 amide bonds. The van der Waals surface area contributed by atoms with E-state index in [2.05, 4.69) is 10.3 Å². The molecule has 3 aromatic rings. The topological polar surface area (TPSA) is 55.1 Å². The third kappa shape index (κ3) is 2.81. The third-order valence-corrected chi connectivity index (χ3v) is 2.96. The van der Waals surface area contributed by atoms with Crippen molar-refractivity contribution in [3.8, 4) is 11.3 Å². The highest BCUT2D eigenvalue weighted by atomic mass is 19.1. The van der Waals surface area contributed by atoms with Gasteiger partial charge in [-0.25, -0.2) is 9.37 Å². The summed E-state index contributed by atoms with van der Waals surface area (Å²) >= 11 is 0. The zero-order valence-electron chi connectivity index (χ0n) is 10.9. The molecule has 0 aliphatic carbocycles. The summed E-state index contributed by atoms with van der Waals surface area (Å²) in [6.07, 6.45) is 2.91. The van der Waals surface area contributed by atoms with Gasteiger partial charge in [0.25, 0.3) is 5.91 Å². The number of carbonyl (C=O) groups excluding carboxylic acids is 1. The number of oxazole rings is 1. The van der Waals surface area contributed by atoms with Gasteiger partial charge in [0, 0.05) is 11.3 Å². The highest BCUT2D eigenvalue weighted by Gasteiger charge is 2.11. The first kappa shape index (κ1) is 13.1. The normalized spacial score (nSPS) is 10.3. The van der Waals surface area contributed by atoms with E-state index < -0.39 is 11.7 Å². The Labute approximate surface area is 120 Å². The lowest BCUT2D eigenvalue weighted by Crippen LogP contribution is -2.13. The zero-order chi connectivity index (χ0) is 14.7. The van der Waals surface area contributed by atoms with Crippen LogP contribution in [0.2, 0.25) is 0 Å². The average molecular weight is 282 g/mol. The van der Waals surface area contributed by atoms with Crippen molar-refractivity contribution < 1.29 is 13.6 Å². The van der Waals surface area contributed by atoms with E-state index in [0.717, 1.165) is 5.56 Å². The molecule has 1 heterocycles. The van der Waals surface area contributed by atoms with E-state index in [1.54, 1.807) is 30.5 Å². The largest absolute Gasteiger partial charge is 0.444 e. The number of hydrogen-bond acceptors (Lipinski definition) is 3. The van der Waals surface area contributed by atoms with Gasteiger partial charge in [-0.05, 0) is 24.3 Å². The average Bonchev–Trinajstić information content (AvgIpc) is 3.02. The van der Waals surface area contributed by atoms with Crippen molar-refractivity contribution in [2.75, 3.05) is 5.32 Å². The van der Waals surface area contributed by atoms with Crippen LogP contribution in [0.3, 0.4) is 0 Å². The van der Waals surface area contributed by atoms with Crippen LogP contribution in [-0.2, 0) is 0 Å².